The number of nitrogens with zero attached hydrogens (tertiary/aromatic N) is 1. The third-order valence-corrected chi connectivity index (χ3v) is 2.47. The van der Waals surface area contributed by atoms with Gasteiger partial charge in [0.15, 0.2) is 0 Å². The van der Waals surface area contributed by atoms with Gasteiger partial charge in [-0.3, -0.25) is 9.55 Å². The number of rotatable bonds is 2. The van der Waals surface area contributed by atoms with Gasteiger partial charge in [-0.1, -0.05) is 0 Å². The second-order valence-electron chi connectivity index (χ2n) is 2.83. The van der Waals surface area contributed by atoms with Crippen LogP contribution in [-0.4, -0.2) is 18.9 Å². The van der Waals surface area contributed by atoms with Crippen LogP contribution < -0.4 is 62.2 Å². The summed E-state index contributed by atoms with van der Waals surface area (Å²) < 4.78 is 30.5. The summed E-state index contributed by atoms with van der Waals surface area (Å²) in [6.07, 6.45) is 0. The van der Waals surface area contributed by atoms with Crippen LogP contribution in [0.4, 0.5) is 11.4 Å². The number of hydrogen-bond donors (Lipinski definition) is 2. The smallest absolute Gasteiger partial charge is 0.862 e. The van der Waals surface area contributed by atoms with Gasteiger partial charge >= 0.3 is 51.4 Å². The quantitative estimate of drug-likeness (QED) is 0.194. The summed E-state index contributed by atoms with van der Waals surface area (Å²) in [5.74, 6) is -0.471. The summed E-state index contributed by atoms with van der Waals surface area (Å²) >= 11 is 0. The Labute approximate surface area is 136 Å². The predicted octanol–water partition coefficient (Wildman–Crippen LogP) is -3.07. The molecule has 1 aromatic rings. The van der Waals surface area contributed by atoms with Crippen LogP contribution in [0.1, 0.15) is 6.92 Å². The largest absolute Gasteiger partial charge is 1.00 e. The van der Waals surface area contributed by atoms with Crippen LogP contribution in [0.2, 0.25) is 0 Å². The minimum Gasteiger partial charge on any atom is -0.862 e. The normalized spacial score (nSPS) is 12.0. The van der Waals surface area contributed by atoms with Gasteiger partial charge in [0.25, 0.3) is 10.1 Å². The van der Waals surface area contributed by atoms with Crippen molar-refractivity contribution in [3.63, 3.8) is 0 Å². The number of benzene rings is 1. The Balaban J connectivity index is 0.00000225. The van der Waals surface area contributed by atoms with Crippen molar-refractivity contribution in [2.45, 2.75) is 11.8 Å². The molecule has 0 heterocycles. The van der Waals surface area contributed by atoms with Crippen molar-refractivity contribution in [3.05, 3.63) is 18.2 Å². The second-order valence-corrected chi connectivity index (χ2v) is 4.22. The zero-order valence-corrected chi connectivity index (χ0v) is 12.8. The van der Waals surface area contributed by atoms with E-state index in [1.807, 2.05) is 0 Å². The van der Waals surface area contributed by atoms with Gasteiger partial charge in [0.2, 0.25) is 0 Å². The first-order chi connectivity index (χ1) is 6.80. The Bertz CT molecular complexity index is 509. The van der Waals surface area contributed by atoms with Crippen molar-refractivity contribution in [3.8, 4) is 0 Å². The van der Waals surface area contributed by atoms with Crippen LogP contribution >= 0.6 is 0 Å². The summed E-state index contributed by atoms with van der Waals surface area (Å²) in [6, 6.07) is 3.67. The topological polar surface area (TPSA) is 116 Å². The molecule has 82 valence electrons. The number of nitrogen functional groups attached to an aromatic ring is 1. The molecular weight excluding hydrogens is 259 g/mol. The summed E-state index contributed by atoms with van der Waals surface area (Å²) in [5.41, 5.74) is 5.37. The number of nitrogens with two attached hydrogens (primary N) is 1. The summed E-state index contributed by atoms with van der Waals surface area (Å²) in [5, 5.41) is 10.6. The van der Waals surface area contributed by atoms with Gasteiger partial charge in [-0.15, -0.1) is 0 Å². The summed E-state index contributed by atoms with van der Waals surface area (Å²) in [4.78, 5) is 3.05. The Hall–Kier alpha value is 0.0364. The number of aliphatic imine (C=N–C) groups is 1. The van der Waals surface area contributed by atoms with Crippen molar-refractivity contribution in [1.29, 1.82) is 0 Å². The van der Waals surface area contributed by atoms with E-state index in [-0.39, 0.29) is 62.8 Å². The SMILES string of the molecule is CC([O-])=Nc1ccc(N)c(S(=O)(=O)O)c1.[K+]. The Morgan fingerprint density at radius 2 is 2.06 bits per heavy atom. The van der Waals surface area contributed by atoms with Gasteiger partial charge in [0, 0.05) is 0 Å². The average molecular weight is 268 g/mol. The predicted molar refractivity (Wildman–Crippen MR) is 53.4 cm³/mol. The molecule has 1 rings (SSSR count). The molecule has 8 heteroatoms. The van der Waals surface area contributed by atoms with Crippen LogP contribution in [0.3, 0.4) is 0 Å². The fraction of sp³-hybridized carbons (Fsp3) is 0.125. The standard InChI is InChI=1S/C8H10N2O4S.K/c1-5(11)10-6-2-3-7(9)8(4-6)15(12,13)14;/h2-4H,9H2,1H3,(H,10,11)(H,12,13,14);/q;+1/p-1. The molecule has 0 spiro atoms. The van der Waals surface area contributed by atoms with Gasteiger partial charge in [0.1, 0.15) is 4.90 Å². The van der Waals surface area contributed by atoms with E-state index in [2.05, 4.69) is 4.99 Å². The zero-order chi connectivity index (χ0) is 11.6. The maximum absolute atomic E-state index is 10.8. The molecule has 0 amide bonds. The minimum atomic E-state index is -4.39. The molecule has 0 saturated carbocycles. The third-order valence-electron chi connectivity index (χ3n) is 1.56. The van der Waals surface area contributed by atoms with Crippen LogP contribution in [0.5, 0.6) is 0 Å². The van der Waals surface area contributed by atoms with Gasteiger partial charge in [-0.25, -0.2) is 0 Å². The van der Waals surface area contributed by atoms with E-state index < -0.39 is 20.9 Å². The number of anilines is 1. The van der Waals surface area contributed by atoms with Crippen molar-refractivity contribution in [1.82, 2.24) is 0 Å². The van der Waals surface area contributed by atoms with Gasteiger partial charge in [-0.2, -0.15) is 8.42 Å². The van der Waals surface area contributed by atoms with E-state index in [1.54, 1.807) is 0 Å². The van der Waals surface area contributed by atoms with Crippen LogP contribution in [0.15, 0.2) is 28.1 Å². The molecule has 0 unspecified atom stereocenters. The first kappa shape index (κ1) is 16.0. The molecule has 0 bridgehead atoms. The van der Waals surface area contributed by atoms with Gasteiger partial charge in [-0.05, 0) is 31.0 Å². The molecule has 0 radical (unpaired) electrons. The average Bonchev–Trinajstić information content (AvgIpc) is 2.05. The molecular formula is C8H9KN2O4S. The summed E-state index contributed by atoms with van der Waals surface area (Å²) in [7, 11) is -4.39. The molecule has 0 atom stereocenters. The van der Waals surface area contributed by atoms with Crippen molar-refractivity contribution >= 4 is 27.4 Å². The molecule has 0 aliphatic carbocycles. The molecule has 0 aliphatic rings. The first-order valence-electron chi connectivity index (χ1n) is 3.90. The molecule has 3 N–H and O–H groups in total. The zero-order valence-electron chi connectivity index (χ0n) is 8.84. The van der Waals surface area contributed by atoms with E-state index in [0.29, 0.717) is 0 Å². The molecule has 0 aliphatic heterocycles. The fourth-order valence-corrected chi connectivity index (χ4v) is 1.63. The number of hydrogen-bond acceptors (Lipinski definition) is 5. The van der Waals surface area contributed by atoms with Crippen molar-refractivity contribution < 1.29 is 69.5 Å². The molecule has 0 aromatic heterocycles. The van der Waals surface area contributed by atoms with E-state index in [1.165, 1.54) is 19.1 Å². The van der Waals surface area contributed by atoms with Gasteiger partial charge in [0.05, 0.1) is 11.4 Å². The third kappa shape index (κ3) is 4.50. The summed E-state index contributed by atoms with van der Waals surface area (Å²) in [6.45, 7) is 1.23. The van der Waals surface area contributed by atoms with Crippen molar-refractivity contribution in [2.75, 3.05) is 5.73 Å². The Morgan fingerprint density at radius 1 is 1.50 bits per heavy atom. The molecule has 6 nitrogen and oxygen atoms in total. The Morgan fingerprint density at radius 3 is 2.50 bits per heavy atom. The molecule has 1 aromatic carbocycles. The molecule has 0 fully saturated rings. The van der Waals surface area contributed by atoms with Gasteiger partial charge < -0.3 is 10.8 Å². The minimum absolute atomic E-state index is 0. The maximum Gasteiger partial charge on any atom is 1.00 e. The van der Waals surface area contributed by atoms with E-state index >= 15 is 0 Å². The molecule has 16 heavy (non-hydrogen) atoms. The van der Waals surface area contributed by atoms with Crippen LogP contribution in [-0.2, 0) is 10.1 Å². The van der Waals surface area contributed by atoms with Crippen molar-refractivity contribution in [2.24, 2.45) is 4.99 Å². The second kappa shape index (κ2) is 6.10. The maximum atomic E-state index is 10.8. The van der Waals surface area contributed by atoms with E-state index in [4.69, 9.17) is 10.3 Å². The van der Waals surface area contributed by atoms with E-state index in [0.717, 1.165) is 6.07 Å². The first-order valence-corrected chi connectivity index (χ1v) is 5.34. The Kier molecular flexibility index (Phi) is 6.11. The van der Waals surface area contributed by atoms with Crippen LogP contribution in [0.25, 0.3) is 0 Å². The molecule has 0 saturated heterocycles. The van der Waals surface area contributed by atoms with Crippen LogP contribution in [0, 0.1) is 0 Å². The monoisotopic (exact) mass is 268 g/mol. The van der Waals surface area contributed by atoms with E-state index in [9.17, 15) is 13.5 Å². The fourth-order valence-electron chi connectivity index (χ4n) is 0.998.